The number of nitrogens with two attached hydrogens (primary N) is 1. The van der Waals surface area contributed by atoms with Crippen LogP contribution in [0.1, 0.15) is 35.2 Å². The second-order valence-corrected chi connectivity index (χ2v) is 4.92. The fraction of sp³-hybridized carbons (Fsp3) is 0.312. The van der Waals surface area contributed by atoms with Crippen molar-refractivity contribution in [1.29, 1.82) is 0 Å². The van der Waals surface area contributed by atoms with Gasteiger partial charge in [0.05, 0.1) is 6.04 Å². The molecule has 0 spiro atoms. The molecule has 3 nitrogen and oxygen atoms in total. The molecule has 0 amide bonds. The van der Waals surface area contributed by atoms with Crippen molar-refractivity contribution in [2.45, 2.75) is 26.8 Å². The number of halogens is 1. The van der Waals surface area contributed by atoms with E-state index in [1.165, 1.54) is 6.07 Å². The summed E-state index contributed by atoms with van der Waals surface area (Å²) in [5.74, 6) is 0.244. The predicted molar refractivity (Wildman–Crippen MR) is 80.0 cm³/mol. The van der Waals surface area contributed by atoms with E-state index in [0.717, 1.165) is 28.8 Å². The lowest BCUT2D eigenvalue weighted by molar-refractivity contribution is 0.599. The monoisotopic (exact) mass is 273 g/mol. The normalized spacial score (nSPS) is 12.4. The SMILES string of the molecule is CCNC(c1cc(F)ccc1C)c1c(C)ccnc1N. The lowest BCUT2D eigenvalue weighted by Gasteiger charge is -2.23. The van der Waals surface area contributed by atoms with Gasteiger partial charge in [-0.2, -0.15) is 0 Å². The van der Waals surface area contributed by atoms with Gasteiger partial charge >= 0.3 is 0 Å². The molecule has 1 atom stereocenters. The summed E-state index contributed by atoms with van der Waals surface area (Å²) in [6.45, 7) is 6.74. The summed E-state index contributed by atoms with van der Waals surface area (Å²) in [5, 5.41) is 3.38. The van der Waals surface area contributed by atoms with Gasteiger partial charge < -0.3 is 11.1 Å². The minimum absolute atomic E-state index is 0.149. The number of nitrogens with one attached hydrogen (secondary N) is 1. The molecule has 0 aliphatic heterocycles. The largest absolute Gasteiger partial charge is 0.383 e. The number of hydrogen-bond donors (Lipinski definition) is 2. The van der Waals surface area contributed by atoms with Gasteiger partial charge in [0, 0.05) is 11.8 Å². The van der Waals surface area contributed by atoms with Gasteiger partial charge in [0.25, 0.3) is 0 Å². The average molecular weight is 273 g/mol. The third kappa shape index (κ3) is 2.80. The van der Waals surface area contributed by atoms with E-state index in [-0.39, 0.29) is 11.9 Å². The molecule has 0 saturated carbocycles. The third-order valence-corrected chi connectivity index (χ3v) is 3.49. The van der Waals surface area contributed by atoms with E-state index in [0.29, 0.717) is 5.82 Å². The van der Waals surface area contributed by atoms with Gasteiger partial charge in [0.15, 0.2) is 0 Å². The predicted octanol–water partition coefficient (Wildman–Crippen LogP) is 3.12. The number of benzene rings is 1. The Labute approximate surface area is 119 Å². The zero-order chi connectivity index (χ0) is 14.7. The first-order chi connectivity index (χ1) is 9.54. The highest BCUT2D eigenvalue weighted by atomic mass is 19.1. The van der Waals surface area contributed by atoms with E-state index >= 15 is 0 Å². The number of anilines is 1. The standard InChI is InChI=1S/C16H20FN3/c1-4-19-15(13-9-12(17)6-5-10(13)2)14-11(3)7-8-20-16(14)18/h5-9,15,19H,4H2,1-3H3,(H2,18,20). The molecule has 1 heterocycles. The van der Waals surface area contributed by atoms with Crippen molar-refractivity contribution in [2.24, 2.45) is 0 Å². The van der Waals surface area contributed by atoms with Gasteiger partial charge in [0.1, 0.15) is 11.6 Å². The van der Waals surface area contributed by atoms with E-state index < -0.39 is 0 Å². The van der Waals surface area contributed by atoms with Crippen LogP contribution in [-0.4, -0.2) is 11.5 Å². The maximum absolute atomic E-state index is 13.6. The number of nitrogens with zero attached hydrogens (tertiary/aromatic N) is 1. The van der Waals surface area contributed by atoms with E-state index in [2.05, 4.69) is 10.3 Å². The topological polar surface area (TPSA) is 50.9 Å². The Morgan fingerprint density at radius 3 is 2.65 bits per heavy atom. The number of aromatic nitrogens is 1. The third-order valence-electron chi connectivity index (χ3n) is 3.49. The second kappa shape index (κ2) is 6.01. The average Bonchev–Trinajstić information content (AvgIpc) is 2.40. The van der Waals surface area contributed by atoms with Crippen molar-refractivity contribution in [3.8, 4) is 0 Å². The molecule has 0 saturated heterocycles. The van der Waals surface area contributed by atoms with Crippen LogP contribution in [-0.2, 0) is 0 Å². The Bertz CT molecular complexity index is 590. The first-order valence-electron chi connectivity index (χ1n) is 6.75. The zero-order valence-corrected chi connectivity index (χ0v) is 12.1. The first-order valence-corrected chi connectivity index (χ1v) is 6.75. The van der Waals surface area contributed by atoms with Crippen LogP contribution >= 0.6 is 0 Å². The molecule has 0 aliphatic rings. The van der Waals surface area contributed by atoms with Gasteiger partial charge in [-0.25, -0.2) is 9.37 Å². The summed E-state index contributed by atoms with van der Waals surface area (Å²) in [6, 6.07) is 6.60. The van der Waals surface area contributed by atoms with Crippen molar-refractivity contribution in [2.75, 3.05) is 12.3 Å². The van der Waals surface area contributed by atoms with Crippen LogP contribution < -0.4 is 11.1 Å². The quantitative estimate of drug-likeness (QED) is 0.900. The second-order valence-electron chi connectivity index (χ2n) is 4.92. The molecule has 4 heteroatoms. The first kappa shape index (κ1) is 14.5. The molecule has 1 aromatic carbocycles. The summed E-state index contributed by atoms with van der Waals surface area (Å²) in [6.07, 6.45) is 1.69. The fourth-order valence-electron chi connectivity index (χ4n) is 2.46. The van der Waals surface area contributed by atoms with Crippen LogP contribution in [0.15, 0.2) is 30.5 Å². The highest BCUT2D eigenvalue weighted by molar-refractivity contribution is 5.51. The van der Waals surface area contributed by atoms with Gasteiger partial charge in [-0.05, 0) is 55.3 Å². The number of pyridine rings is 1. The molecule has 0 radical (unpaired) electrons. The van der Waals surface area contributed by atoms with Gasteiger partial charge in [0.2, 0.25) is 0 Å². The van der Waals surface area contributed by atoms with Crippen LogP contribution in [0.3, 0.4) is 0 Å². The fourth-order valence-corrected chi connectivity index (χ4v) is 2.46. The molecule has 2 aromatic rings. The van der Waals surface area contributed by atoms with Crippen molar-refractivity contribution < 1.29 is 4.39 Å². The highest BCUT2D eigenvalue weighted by Crippen LogP contribution is 2.30. The molecule has 106 valence electrons. The van der Waals surface area contributed by atoms with Crippen LogP contribution in [0.2, 0.25) is 0 Å². The molecule has 1 unspecified atom stereocenters. The minimum atomic E-state index is -0.242. The van der Waals surface area contributed by atoms with E-state index in [9.17, 15) is 4.39 Å². The Balaban J connectivity index is 2.59. The number of aryl methyl sites for hydroxylation is 2. The molecule has 0 aliphatic carbocycles. The number of hydrogen-bond acceptors (Lipinski definition) is 3. The Morgan fingerprint density at radius 2 is 2.00 bits per heavy atom. The lowest BCUT2D eigenvalue weighted by Crippen LogP contribution is -2.25. The van der Waals surface area contributed by atoms with Gasteiger partial charge in [-0.15, -0.1) is 0 Å². The summed E-state index contributed by atoms with van der Waals surface area (Å²) in [5.41, 5.74) is 9.93. The van der Waals surface area contributed by atoms with Crippen molar-refractivity contribution in [1.82, 2.24) is 10.3 Å². The van der Waals surface area contributed by atoms with Crippen LogP contribution in [0.5, 0.6) is 0 Å². The molecular formula is C16H20FN3. The van der Waals surface area contributed by atoms with Gasteiger partial charge in [-0.3, -0.25) is 0 Å². The molecular weight excluding hydrogens is 253 g/mol. The molecule has 2 rings (SSSR count). The van der Waals surface area contributed by atoms with E-state index in [1.54, 1.807) is 18.3 Å². The highest BCUT2D eigenvalue weighted by Gasteiger charge is 2.20. The minimum Gasteiger partial charge on any atom is -0.383 e. The molecule has 0 bridgehead atoms. The van der Waals surface area contributed by atoms with Crippen LogP contribution in [0.25, 0.3) is 0 Å². The maximum Gasteiger partial charge on any atom is 0.128 e. The smallest absolute Gasteiger partial charge is 0.128 e. The maximum atomic E-state index is 13.6. The Kier molecular flexibility index (Phi) is 4.35. The summed E-state index contributed by atoms with van der Waals surface area (Å²) >= 11 is 0. The molecule has 20 heavy (non-hydrogen) atoms. The number of rotatable bonds is 4. The van der Waals surface area contributed by atoms with Crippen LogP contribution in [0.4, 0.5) is 10.2 Å². The number of nitrogen functional groups attached to an aromatic ring is 1. The molecule has 1 aromatic heterocycles. The lowest BCUT2D eigenvalue weighted by atomic mass is 9.92. The van der Waals surface area contributed by atoms with Gasteiger partial charge in [-0.1, -0.05) is 13.0 Å². The summed E-state index contributed by atoms with van der Waals surface area (Å²) in [4.78, 5) is 4.16. The van der Waals surface area contributed by atoms with Crippen molar-refractivity contribution in [3.05, 3.63) is 58.5 Å². The summed E-state index contributed by atoms with van der Waals surface area (Å²) in [7, 11) is 0. The summed E-state index contributed by atoms with van der Waals surface area (Å²) < 4.78 is 13.6. The van der Waals surface area contributed by atoms with Crippen molar-refractivity contribution >= 4 is 5.82 Å². The molecule has 3 N–H and O–H groups in total. The van der Waals surface area contributed by atoms with E-state index in [1.807, 2.05) is 26.8 Å². The van der Waals surface area contributed by atoms with Crippen molar-refractivity contribution in [3.63, 3.8) is 0 Å². The van der Waals surface area contributed by atoms with Crippen LogP contribution in [0, 0.1) is 19.7 Å². The Hall–Kier alpha value is -1.94. The zero-order valence-electron chi connectivity index (χ0n) is 12.1. The van der Waals surface area contributed by atoms with E-state index in [4.69, 9.17) is 5.73 Å². The molecule has 0 fully saturated rings. The Morgan fingerprint density at radius 1 is 1.25 bits per heavy atom.